The Kier molecular flexibility index (Phi) is 9.68. The van der Waals surface area contributed by atoms with Crippen LogP contribution in [0.3, 0.4) is 0 Å². The Hall–Kier alpha value is -2.54. The third-order valence-electron chi connectivity index (χ3n) is 4.60. The number of hydrogen-bond acceptors (Lipinski definition) is 4. The predicted octanol–water partition coefficient (Wildman–Crippen LogP) is 2.23. The predicted molar refractivity (Wildman–Crippen MR) is 118 cm³/mol. The molecular weight excluding hydrogens is 366 g/mol. The number of rotatable bonds is 8. The van der Waals surface area contributed by atoms with Gasteiger partial charge in [-0.15, -0.1) is 0 Å². The van der Waals surface area contributed by atoms with E-state index in [0.29, 0.717) is 24.1 Å². The molecule has 0 saturated heterocycles. The first kappa shape index (κ1) is 24.5. The molecular formula is C22H36N5O2+. The number of nitrogens with zero attached hydrogens (tertiary/aromatic N) is 4. The van der Waals surface area contributed by atoms with Crippen molar-refractivity contribution in [1.29, 1.82) is 0 Å². The summed E-state index contributed by atoms with van der Waals surface area (Å²) in [5.74, 6) is 0. The normalized spacial score (nSPS) is 11.8. The molecule has 0 atom stereocenters. The lowest BCUT2D eigenvalue weighted by molar-refractivity contribution is -0.868. The highest BCUT2D eigenvalue weighted by Gasteiger charge is 2.11. The number of aryl methyl sites for hydroxylation is 3. The molecule has 29 heavy (non-hydrogen) atoms. The number of amides is 1. The van der Waals surface area contributed by atoms with Gasteiger partial charge in [-0.05, 0) is 43.5 Å². The van der Waals surface area contributed by atoms with Gasteiger partial charge in [0.1, 0.15) is 5.69 Å². The third kappa shape index (κ3) is 7.42. The highest BCUT2D eigenvalue weighted by atomic mass is 16.1. The second-order valence-electron chi connectivity index (χ2n) is 8.17. The molecule has 0 bridgehead atoms. The summed E-state index contributed by atoms with van der Waals surface area (Å²) in [6, 6.07) is 4.23. The highest BCUT2D eigenvalue weighted by Crippen LogP contribution is 2.17. The van der Waals surface area contributed by atoms with Crippen LogP contribution in [0.1, 0.15) is 41.4 Å². The van der Waals surface area contributed by atoms with Gasteiger partial charge < -0.3 is 14.4 Å². The van der Waals surface area contributed by atoms with Gasteiger partial charge in [0, 0.05) is 13.6 Å². The number of fused-ring (bicyclic) bond motifs is 1. The molecule has 0 fully saturated rings. The van der Waals surface area contributed by atoms with E-state index in [2.05, 4.69) is 68.9 Å². The van der Waals surface area contributed by atoms with Crippen molar-refractivity contribution in [2.75, 3.05) is 41.3 Å². The summed E-state index contributed by atoms with van der Waals surface area (Å²) >= 11 is 0. The van der Waals surface area contributed by atoms with Gasteiger partial charge >= 0.3 is 0 Å². The molecule has 2 rings (SSSR count). The molecule has 2 aromatic rings. The van der Waals surface area contributed by atoms with Crippen molar-refractivity contribution in [3.8, 4) is 0 Å². The summed E-state index contributed by atoms with van der Waals surface area (Å²) in [5.41, 5.74) is 5.50. The Morgan fingerprint density at radius 3 is 2.31 bits per heavy atom. The fraction of sp³-hybridized carbons (Fsp3) is 0.545. The topological polar surface area (TPSA) is 76.3 Å². The minimum absolute atomic E-state index is 0.438. The monoisotopic (exact) mass is 402 g/mol. The summed E-state index contributed by atoms with van der Waals surface area (Å²) in [4.78, 5) is 30.1. The van der Waals surface area contributed by atoms with Gasteiger partial charge in [-0.1, -0.05) is 13.3 Å². The van der Waals surface area contributed by atoms with Crippen LogP contribution < -0.4 is 10.8 Å². The summed E-state index contributed by atoms with van der Waals surface area (Å²) in [6.45, 7) is 8.80. The maximum atomic E-state index is 11.7. The summed E-state index contributed by atoms with van der Waals surface area (Å²) < 4.78 is 3.02. The van der Waals surface area contributed by atoms with E-state index < -0.39 is 0 Å². The van der Waals surface area contributed by atoms with Crippen LogP contribution >= 0.6 is 0 Å². The Balaban J connectivity index is 0.000000960. The van der Waals surface area contributed by atoms with E-state index in [4.69, 9.17) is 9.79 Å². The Bertz CT molecular complexity index is 895. The lowest BCUT2D eigenvalue weighted by atomic mass is 10.1. The maximum absolute atomic E-state index is 11.7. The van der Waals surface area contributed by atoms with Gasteiger partial charge in [0.05, 0.1) is 45.3 Å². The Morgan fingerprint density at radius 2 is 1.79 bits per heavy atom. The number of likely N-dealkylation sites (N-methyl/N-ethyl adjacent to an activating group) is 1. The molecule has 0 unspecified atom stereocenters. The number of hydrogen-bond donors (Lipinski definition) is 1. The van der Waals surface area contributed by atoms with E-state index in [1.807, 2.05) is 0 Å². The summed E-state index contributed by atoms with van der Waals surface area (Å²) in [6.07, 6.45) is 3.60. The summed E-state index contributed by atoms with van der Waals surface area (Å²) in [5, 5.41) is 2.25. The molecule has 0 aliphatic carbocycles. The number of carbonyl (C=O) groups is 2. The van der Waals surface area contributed by atoms with E-state index in [1.165, 1.54) is 11.1 Å². The average Bonchev–Trinajstić information content (AvgIpc) is 2.67. The first-order valence-electron chi connectivity index (χ1n) is 10.1. The second kappa shape index (κ2) is 11.5. The van der Waals surface area contributed by atoms with Crippen LogP contribution in [0.15, 0.2) is 17.1 Å². The zero-order valence-electron chi connectivity index (χ0n) is 19.0. The number of nitrogens with one attached hydrogen (secondary N) is 1. The SMILES string of the molecule is CCCCn1c(=NCC[N+](C)(C)C)c(C=O)nc2cc(C)c(C)cc21.CNC=O. The molecule has 0 aliphatic rings. The minimum Gasteiger partial charge on any atom is -0.362 e. The van der Waals surface area contributed by atoms with Gasteiger partial charge in [-0.3, -0.25) is 14.6 Å². The van der Waals surface area contributed by atoms with E-state index in [-0.39, 0.29) is 0 Å². The van der Waals surface area contributed by atoms with Crippen LogP contribution in [0.25, 0.3) is 11.0 Å². The van der Waals surface area contributed by atoms with E-state index in [9.17, 15) is 4.79 Å². The zero-order valence-corrected chi connectivity index (χ0v) is 19.0. The number of carbonyl (C=O) groups excluding carboxylic acids is 2. The van der Waals surface area contributed by atoms with Crippen LogP contribution in [0.4, 0.5) is 0 Å². The zero-order chi connectivity index (χ0) is 22.0. The number of benzene rings is 1. The molecule has 7 heteroatoms. The fourth-order valence-electron chi connectivity index (χ4n) is 2.77. The number of unbranched alkanes of at least 4 members (excludes halogenated alkanes) is 1. The lowest BCUT2D eigenvalue weighted by Crippen LogP contribution is -2.37. The molecule has 1 heterocycles. The quantitative estimate of drug-likeness (QED) is 0.543. The second-order valence-corrected chi connectivity index (χ2v) is 8.17. The largest absolute Gasteiger partial charge is 0.362 e. The molecule has 7 nitrogen and oxygen atoms in total. The van der Waals surface area contributed by atoms with E-state index in [0.717, 1.165) is 47.7 Å². The molecule has 0 aliphatic heterocycles. The van der Waals surface area contributed by atoms with Crippen molar-refractivity contribution in [3.05, 3.63) is 34.4 Å². The number of aromatic nitrogens is 2. The van der Waals surface area contributed by atoms with Crippen LogP contribution in [0, 0.1) is 13.8 Å². The molecule has 160 valence electrons. The maximum Gasteiger partial charge on any atom is 0.206 e. The Morgan fingerprint density at radius 1 is 1.17 bits per heavy atom. The Labute approximate surface area is 174 Å². The first-order chi connectivity index (χ1) is 13.7. The van der Waals surface area contributed by atoms with Crippen molar-refractivity contribution < 1.29 is 14.1 Å². The van der Waals surface area contributed by atoms with Gasteiger partial charge in [-0.2, -0.15) is 0 Å². The van der Waals surface area contributed by atoms with E-state index in [1.54, 1.807) is 7.05 Å². The van der Waals surface area contributed by atoms with Gasteiger partial charge in [0.15, 0.2) is 11.8 Å². The van der Waals surface area contributed by atoms with Crippen molar-refractivity contribution in [1.82, 2.24) is 14.9 Å². The third-order valence-corrected chi connectivity index (χ3v) is 4.60. The molecule has 0 saturated carbocycles. The molecule has 1 N–H and O–H groups in total. The molecule has 1 aromatic carbocycles. The minimum atomic E-state index is 0.438. The molecule has 0 spiro atoms. The lowest BCUT2D eigenvalue weighted by Gasteiger charge is -2.22. The van der Waals surface area contributed by atoms with Crippen LogP contribution in [0.2, 0.25) is 0 Å². The highest BCUT2D eigenvalue weighted by molar-refractivity contribution is 5.81. The van der Waals surface area contributed by atoms with Gasteiger partial charge in [-0.25, -0.2) is 4.98 Å². The average molecular weight is 403 g/mol. The standard InChI is InChI=1S/C20H31N4O.C2H5NO/c1-7-8-10-23-19-13-16(3)15(2)12-17(19)22-18(14-25)20(23)21-9-11-24(4,5)6;1-3-2-4/h12-14H,7-11H2,1-6H3;2H,1H3,(H,3,4)/q+1;. The summed E-state index contributed by atoms with van der Waals surface area (Å²) in [7, 11) is 8.00. The fourth-order valence-corrected chi connectivity index (χ4v) is 2.77. The molecule has 1 aromatic heterocycles. The van der Waals surface area contributed by atoms with Crippen LogP contribution in [-0.2, 0) is 11.3 Å². The van der Waals surface area contributed by atoms with Crippen molar-refractivity contribution in [2.45, 2.75) is 40.2 Å². The van der Waals surface area contributed by atoms with Crippen molar-refractivity contribution in [3.63, 3.8) is 0 Å². The van der Waals surface area contributed by atoms with Crippen LogP contribution in [-0.4, -0.2) is 68.0 Å². The first-order valence-corrected chi connectivity index (χ1v) is 10.1. The van der Waals surface area contributed by atoms with E-state index >= 15 is 0 Å². The van der Waals surface area contributed by atoms with Gasteiger partial charge in [0.25, 0.3) is 0 Å². The van der Waals surface area contributed by atoms with Crippen molar-refractivity contribution >= 4 is 23.7 Å². The molecule has 0 radical (unpaired) electrons. The van der Waals surface area contributed by atoms with Crippen molar-refractivity contribution in [2.24, 2.45) is 4.99 Å². The smallest absolute Gasteiger partial charge is 0.206 e. The number of aldehydes is 1. The van der Waals surface area contributed by atoms with Crippen LogP contribution in [0.5, 0.6) is 0 Å². The molecule has 1 amide bonds. The number of quaternary nitrogens is 1. The van der Waals surface area contributed by atoms with Gasteiger partial charge in [0.2, 0.25) is 6.41 Å².